The molecule has 0 aliphatic carbocycles. The average Bonchev–Trinajstić information content (AvgIpc) is 2.61. The molecule has 23 heavy (non-hydrogen) atoms. The van der Waals surface area contributed by atoms with Gasteiger partial charge in [0, 0.05) is 31.7 Å². The Hall–Kier alpha value is -2.09. The van der Waals surface area contributed by atoms with Crippen LogP contribution in [0.15, 0.2) is 18.3 Å². The summed E-state index contributed by atoms with van der Waals surface area (Å²) < 4.78 is 0. The monoisotopic (exact) mass is 314 g/mol. The van der Waals surface area contributed by atoms with Gasteiger partial charge in [0.05, 0.1) is 5.56 Å². The SMILES string of the molecule is CCC(CC)C(=O)NCC1CCN(c2ncccc2C#N)CC1. The number of aromatic nitrogens is 1. The largest absolute Gasteiger partial charge is 0.356 e. The maximum atomic E-state index is 12.0. The molecule has 2 heterocycles. The van der Waals surface area contributed by atoms with Crippen molar-refractivity contribution >= 4 is 11.7 Å². The lowest BCUT2D eigenvalue weighted by Gasteiger charge is -2.33. The van der Waals surface area contributed by atoms with Gasteiger partial charge in [-0.2, -0.15) is 5.26 Å². The van der Waals surface area contributed by atoms with E-state index in [9.17, 15) is 10.1 Å². The van der Waals surface area contributed by atoms with Crippen LogP contribution in [0.1, 0.15) is 45.1 Å². The number of hydrogen-bond acceptors (Lipinski definition) is 4. The van der Waals surface area contributed by atoms with E-state index in [0.717, 1.165) is 51.1 Å². The molecule has 5 heteroatoms. The van der Waals surface area contributed by atoms with Gasteiger partial charge < -0.3 is 10.2 Å². The van der Waals surface area contributed by atoms with Crippen LogP contribution in [0.5, 0.6) is 0 Å². The minimum absolute atomic E-state index is 0.141. The summed E-state index contributed by atoms with van der Waals surface area (Å²) in [5, 5.41) is 12.3. The molecule has 1 N–H and O–H groups in total. The van der Waals surface area contributed by atoms with Crippen LogP contribution >= 0.6 is 0 Å². The molecule has 0 unspecified atom stereocenters. The average molecular weight is 314 g/mol. The molecule has 0 saturated carbocycles. The molecule has 1 aromatic heterocycles. The number of anilines is 1. The van der Waals surface area contributed by atoms with Gasteiger partial charge in [0.1, 0.15) is 11.9 Å². The van der Waals surface area contributed by atoms with E-state index in [2.05, 4.69) is 35.1 Å². The smallest absolute Gasteiger partial charge is 0.223 e. The third-order valence-corrected chi connectivity index (χ3v) is 4.74. The molecule has 1 amide bonds. The van der Waals surface area contributed by atoms with Crippen molar-refractivity contribution in [2.75, 3.05) is 24.5 Å². The molecule has 0 bridgehead atoms. The van der Waals surface area contributed by atoms with E-state index >= 15 is 0 Å². The highest BCUT2D eigenvalue weighted by molar-refractivity contribution is 5.78. The maximum absolute atomic E-state index is 12.0. The van der Waals surface area contributed by atoms with Crippen LogP contribution in [-0.2, 0) is 4.79 Å². The second kappa shape index (κ2) is 8.52. The minimum Gasteiger partial charge on any atom is -0.356 e. The van der Waals surface area contributed by atoms with Crippen molar-refractivity contribution in [3.05, 3.63) is 23.9 Å². The fourth-order valence-electron chi connectivity index (χ4n) is 3.13. The van der Waals surface area contributed by atoms with Crippen LogP contribution in [0.3, 0.4) is 0 Å². The second-order valence-electron chi connectivity index (χ2n) is 6.18. The van der Waals surface area contributed by atoms with Crippen molar-refractivity contribution < 1.29 is 4.79 Å². The highest BCUT2D eigenvalue weighted by atomic mass is 16.1. The number of amides is 1. The molecule has 1 saturated heterocycles. The van der Waals surface area contributed by atoms with Crippen LogP contribution in [-0.4, -0.2) is 30.5 Å². The molecule has 1 aliphatic heterocycles. The van der Waals surface area contributed by atoms with Crippen molar-refractivity contribution in [1.82, 2.24) is 10.3 Å². The van der Waals surface area contributed by atoms with Crippen molar-refractivity contribution in [3.63, 3.8) is 0 Å². The number of carbonyl (C=O) groups is 1. The highest BCUT2D eigenvalue weighted by Gasteiger charge is 2.23. The van der Waals surface area contributed by atoms with E-state index in [4.69, 9.17) is 0 Å². The predicted molar refractivity (Wildman–Crippen MR) is 91.0 cm³/mol. The molecule has 1 aliphatic rings. The number of nitriles is 1. The van der Waals surface area contributed by atoms with Gasteiger partial charge in [-0.25, -0.2) is 4.98 Å². The van der Waals surface area contributed by atoms with Crippen LogP contribution < -0.4 is 10.2 Å². The van der Waals surface area contributed by atoms with Crippen LogP contribution in [0.25, 0.3) is 0 Å². The molecule has 5 nitrogen and oxygen atoms in total. The van der Waals surface area contributed by atoms with E-state index in [1.54, 1.807) is 12.3 Å². The van der Waals surface area contributed by atoms with Crippen molar-refractivity contribution in [3.8, 4) is 6.07 Å². The Morgan fingerprint density at radius 2 is 2.13 bits per heavy atom. The van der Waals surface area contributed by atoms with Crippen molar-refractivity contribution in [1.29, 1.82) is 5.26 Å². The Kier molecular flexibility index (Phi) is 6.40. The number of pyridine rings is 1. The first-order valence-corrected chi connectivity index (χ1v) is 8.57. The minimum atomic E-state index is 0.141. The summed E-state index contributed by atoms with van der Waals surface area (Å²) in [5.41, 5.74) is 0.632. The van der Waals surface area contributed by atoms with Gasteiger partial charge in [0.25, 0.3) is 0 Å². The van der Waals surface area contributed by atoms with Crippen molar-refractivity contribution in [2.24, 2.45) is 11.8 Å². The third kappa shape index (κ3) is 4.44. The fourth-order valence-corrected chi connectivity index (χ4v) is 3.13. The zero-order valence-corrected chi connectivity index (χ0v) is 14.1. The van der Waals surface area contributed by atoms with Gasteiger partial charge >= 0.3 is 0 Å². The lowest BCUT2D eigenvalue weighted by molar-refractivity contribution is -0.125. The molecular weight excluding hydrogens is 288 g/mol. The van der Waals surface area contributed by atoms with Gasteiger partial charge in [0.15, 0.2) is 0 Å². The third-order valence-electron chi connectivity index (χ3n) is 4.74. The van der Waals surface area contributed by atoms with E-state index in [1.807, 2.05) is 6.07 Å². The van der Waals surface area contributed by atoms with Gasteiger partial charge in [0.2, 0.25) is 5.91 Å². The summed E-state index contributed by atoms with van der Waals surface area (Å²) in [6, 6.07) is 5.81. The number of nitrogens with zero attached hydrogens (tertiary/aromatic N) is 3. The van der Waals surface area contributed by atoms with E-state index in [0.29, 0.717) is 11.5 Å². The second-order valence-corrected chi connectivity index (χ2v) is 6.18. The van der Waals surface area contributed by atoms with Gasteiger partial charge in [-0.15, -0.1) is 0 Å². The number of carbonyl (C=O) groups excluding carboxylic acids is 1. The lowest BCUT2D eigenvalue weighted by atomic mass is 9.95. The summed E-state index contributed by atoms with van der Waals surface area (Å²) in [7, 11) is 0. The van der Waals surface area contributed by atoms with Gasteiger partial charge in [-0.3, -0.25) is 4.79 Å². The quantitative estimate of drug-likeness (QED) is 0.876. The Morgan fingerprint density at radius 3 is 2.74 bits per heavy atom. The van der Waals surface area contributed by atoms with Gasteiger partial charge in [-0.05, 0) is 43.7 Å². The number of nitrogens with one attached hydrogen (secondary N) is 1. The number of rotatable bonds is 6. The lowest BCUT2D eigenvalue weighted by Crippen LogP contribution is -2.40. The summed E-state index contributed by atoms with van der Waals surface area (Å²) >= 11 is 0. The molecule has 0 spiro atoms. The Balaban J connectivity index is 1.82. The first-order valence-electron chi connectivity index (χ1n) is 8.57. The fraction of sp³-hybridized carbons (Fsp3) is 0.611. The van der Waals surface area contributed by atoms with Crippen LogP contribution in [0.2, 0.25) is 0 Å². The highest BCUT2D eigenvalue weighted by Crippen LogP contribution is 2.23. The zero-order chi connectivity index (χ0) is 16.7. The molecular formula is C18H26N4O. The summed E-state index contributed by atoms with van der Waals surface area (Å²) in [4.78, 5) is 18.6. The predicted octanol–water partition coefficient (Wildman–Crippen LogP) is 2.72. The zero-order valence-electron chi connectivity index (χ0n) is 14.1. The first-order chi connectivity index (χ1) is 11.2. The molecule has 0 aromatic carbocycles. The van der Waals surface area contributed by atoms with E-state index in [1.165, 1.54) is 0 Å². The maximum Gasteiger partial charge on any atom is 0.223 e. The van der Waals surface area contributed by atoms with E-state index in [-0.39, 0.29) is 11.8 Å². The summed E-state index contributed by atoms with van der Waals surface area (Å²) in [6.45, 7) is 6.66. The number of hydrogen-bond donors (Lipinski definition) is 1. The van der Waals surface area contributed by atoms with Gasteiger partial charge in [-0.1, -0.05) is 13.8 Å². The Bertz CT molecular complexity index is 554. The molecule has 1 aromatic rings. The molecule has 124 valence electrons. The topological polar surface area (TPSA) is 69.0 Å². The standard InChI is InChI=1S/C18H26N4O/c1-3-15(4-2)18(23)21-13-14-7-10-22(11-8-14)17-16(12-19)6-5-9-20-17/h5-6,9,14-15H,3-4,7-8,10-11,13H2,1-2H3,(H,21,23). The van der Waals surface area contributed by atoms with E-state index < -0.39 is 0 Å². The number of piperidine rings is 1. The first kappa shape index (κ1) is 17.3. The van der Waals surface area contributed by atoms with Crippen LogP contribution in [0, 0.1) is 23.2 Å². The Morgan fingerprint density at radius 1 is 1.43 bits per heavy atom. The molecule has 1 fully saturated rings. The summed E-state index contributed by atoms with van der Waals surface area (Å²) in [5.74, 6) is 1.63. The summed E-state index contributed by atoms with van der Waals surface area (Å²) in [6.07, 6.45) is 5.57. The molecule has 2 rings (SSSR count). The molecule has 0 radical (unpaired) electrons. The molecule has 0 atom stereocenters. The van der Waals surface area contributed by atoms with Crippen molar-refractivity contribution in [2.45, 2.75) is 39.5 Å². The Labute approximate surface area is 138 Å². The van der Waals surface area contributed by atoms with Crippen LogP contribution in [0.4, 0.5) is 5.82 Å². The normalized spacial score (nSPS) is 15.5.